The van der Waals surface area contributed by atoms with Gasteiger partial charge in [-0.25, -0.2) is 4.98 Å². The summed E-state index contributed by atoms with van der Waals surface area (Å²) in [5.74, 6) is 0.121. The van der Waals surface area contributed by atoms with E-state index in [9.17, 15) is 4.79 Å². The Hall–Kier alpha value is -2.10. The minimum atomic E-state index is 0.121. The summed E-state index contributed by atoms with van der Waals surface area (Å²) >= 11 is 0. The van der Waals surface area contributed by atoms with E-state index in [0.717, 1.165) is 19.4 Å². The van der Waals surface area contributed by atoms with Crippen molar-refractivity contribution < 1.29 is 4.79 Å². The number of benzene rings is 1. The molecule has 0 aliphatic rings. The zero-order valence-corrected chi connectivity index (χ0v) is 14.4. The fourth-order valence-corrected chi connectivity index (χ4v) is 2.43. The van der Waals surface area contributed by atoms with Crippen LogP contribution in [0.4, 0.5) is 0 Å². The molecule has 0 bridgehead atoms. The first-order valence-electron chi connectivity index (χ1n) is 8.27. The summed E-state index contributed by atoms with van der Waals surface area (Å²) in [4.78, 5) is 15.9. The largest absolute Gasteiger partial charge is 0.356 e. The second kappa shape index (κ2) is 7.95. The van der Waals surface area contributed by atoms with Gasteiger partial charge in [-0.2, -0.15) is 0 Å². The lowest BCUT2D eigenvalue weighted by atomic mass is 9.86. The average molecular weight is 313 g/mol. The number of nitrogens with one attached hydrogen (secondary N) is 1. The maximum atomic E-state index is 11.9. The number of aromatic nitrogens is 2. The van der Waals surface area contributed by atoms with E-state index in [1.54, 1.807) is 12.5 Å². The Labute approximate surface area is 138 Å². The Kier molecular flexibility index (Phi) is 5.97. The second-order valence-electron chi connectivity index (χ2n) is 6.95. The molecule has 2 aromatic rings. The van der Waals surface area contributed by atoms with Gasteiger partial charge in [0.1, 0.15) is 0 Å². The van der Waals surface area contributed by atoms with E-state index in [1.807, 2.05) is 10.8 Å². The SMILES string of the molecule is CC(C)(C)c1ccc(CCC(=O)NCCCn2ccnc2)cc1. The summed E-state index contributed by atoms with van der Waals surface area (Å²) in [7, 11) is 0. The Morgan fingerprint density at radius 3 is 2.57 bits per heavy atom. The van der Waals surface area contributed by atoms with Crippen LogP contribution < -0.4 is 5.32 Å². The molecule has 0 atom stereocenters. The smallest absolute Gasteiger partial charge is 0.220 e. The van der Waals surface area contributed by atoms with Gasteiger partial charge in [-0.1, -0.05) is 45.0 Å². The molecule has 124 valence electrons. The summed E-state index contributed by atoms with van der Waals surface area (Å²) in [5.41, 5.74) is 2.71. The van der Waals surface area contributed by atoms with Crippen molar-refractivity contribution in [1.29, 1.82) is 0 Å². The lowest BCUT2D eigenvalue weighted by molar-refractivity contribution is -0.121. The minimum absolute atomic E-state index is 0.121. The summed E-state index contributed by atoms with van der Waals surface area (Å²) in [6.45, 7) is 8.21. The van der Waals surface area contributed by atoms with Gasteiger partial charge in [0.2, 0.25) is 5.91 Å². The standard InChI is InChI=1S/C19H27N3O/c1-19(2,3)17-8-5-16(6-9-17)7-10-18(23)21-11-4-13-22-14-12-20-15-22/h5-6,8-9,12,14-15H,4,7,10-11,13H2,1-3H3,(H,21,23). The molecule has 1 N–H and O–H groups in total. The Balaban J connectivity index is 1.66. The number of carbonyl (C=O) groups excluding carboxylic acids is 1. The van der Waals surface area contributed by atoms with Crippen LogP contribution in [0.1, 0.15) is 44.7 Å². The highest BCUT2D eigenvalue weighted by Gasteiger charge is 2.12. The number of hydrogen-bond acceptors (Lipinski definition) is 2. The lowest BCUT2D eigenvalue weighted by Crippen LogP contribution is -2.25. The van der Waals surface area contributed by atoms with Gasteiger partial charge in [0.25, 0.3) is 0 Å². The number of hydrogen-bond donors (Lipinski definition) is 1. The van der Waals surface area contributed by atoms with Gasteiger partial charge in [-0.3, -0.25) is 4.79 Å². The van der Waals surface area contributed by atoms with E-state index in [1.165, 1.54) is 11.1 Å². The van der Waals surface area contributed by atoms with Crippen LogP contribution in [-0.2, 0) is 23.2 Å². The fourth-order valence-electron chi connectivity index (χ4n) is 2.43. The first-order chi connectivity index (χ1) is 10.9. The molecule has 1 amide bonds. The van der Waals surface area contributed by atoms with Crippen LogP contribution in [0, 0.1) is 0 Å². The zero-order valence-electron chi connectivity index (χ0n) is 14.4. The Morgan fingerprint density at radius 2 is 1.96 bits per heavy atom. The third-order valence-electron chi connectivity index (χ3n) is 3.94. The zero-order chi connectivity index (χ0) is 16.7. The van der Waals surface area contributed by atoms with Gasteiger partial charge in [-0.15, -0.1) is 0 Å². The van der Waals surface area contributed by atoms with Crippen LogP contribution >= 0.6 is 0 Å². The van der Waals surface area contributed by atoms with Crippen molar-refractivity contribution in [1.82, 2.24) is 14.9 Å². The topological polar surface area (TPSA) is 46.9 Å². The fraction of sp³-hybridized carbons (Fsp3) is 0.474. The maximum Gasteiger partial charge on any atom is 0.220 e. The molecule has 0 aliphatic heterocycles. The number of amides is 1. The van der Waals surface area contributed by atoms with Crippen molar-refractivity contribution >= 4 is 5.91 Å². The van der Waals surface area contributed by atoms with Crippen LogP contribution in [0.15, 0.2) is 43.0 Å². The molecule has 23 heavy (non-hydrogen) atoms. The second-order valence-corrected chi connectivity index (χ2v) is 6.95. The molecule has 0 aliphatic carbocycles. The van der Waals surface area contributed by atoms with Crippen LogP contribution in [0.25, 0.3) is 0 Å². The van der Waals surface area contributed by atoms with Gasteiger partial charge in [-0.05, 0) is 29.4 Å². The third kappa shape index (κ3) is 5.89. The van der Waals surface area contributed by atoms with E-state index in [-0.39, 0.29) is 11.3 Å². The molecule has 1 aromatic carbocycles. The highest BCUT2D eigenvalue weighted by molar-refractivity contribution is 5.76. The first kappa shape index (κ1) is 17.3. The summed E-state index contributed by atoms with van der Waals surface area (Å²) in [6, 6.07) is 8.59. The van der Waals surface area contributed by atoms with E-state index in [0.29, 0.717) is 13.0 Å². The van der Waals surface area contributed by atoms with Gasteiger partial charge in [0.15, 0.2) is 0 Å². The van der Waals surface area contributed by atoms with Crippen molar-refractivity contribution in [3.05, 3.63) is 54.1 Å². The molecule has 0 saturated heterocycles. The van der Waals surface area contributed by atoms with Crippen molar-refractivity contribution in [3.8, 4) is 0 Å². The molecule has 1 heterocycles. The van der Waals surface area contributed by atoms with Crippen molar-refractivity contribution in [2.75, 3.05) is 6.54 Å². The number of carbonyl (C=O) groups is 1. The molecule has 1 aromatic heterocycles. The number of nitrogens with zero attached hydrogens (tertiary/aromatic N) is 2. The van der Waals surface area contributed by atoms with E-state index >= 15 is 0 Å². The van der Waals surface area contributed by atoms with E-state index in [4.69, 9.17) is 0 Å². The summed E-state index contributed by atoms with van der Waals surface area (Å²) in [6.07, 6.45) is 7.75. The Morgan fingerprint density at radius 1 is 1.22 bits per heavy atom. The summed E-state index contributed by atoms with van der Waals surface area (Å²) in [5, 5.41) is 2.98. The van der Waals surface area contributed by atoms with E-state index in [2.05, 4.69) is 55.3 Å². The number of rotatable bonds is 7. The molecule has 0 radical (unpaired) electrons. The quantitative estimate of drug-likeness (QED) is 0.797. The van der Waals surface area contributed by atoms with Gasteiger partial charge in [0.05, 0.1) is 6.33 Å². The van der Waals surface area contributed by atoms with Crippen LogP contribution in [0.5, 0.6) is 0 Å². The third-order valence-corrected chi connectivity index (χ3v) is 3.94. The first-order valence-corrected chi connectivity index (χ1v) is 8.27. The maximum absolute atomic E-state index is 11.9. The van der Waals surface area contributed by atoms with Gasteiger partial charge in [0, 0.05) is 31.9 Å². The molecule has 0 spiro atoms. The average Bonchev–Trinajstić information content (AvgIpc) is 3.02. The monoisotopic (exact) mass is 313 g/mol. The minimum Gasteiger partial charge on any atom is -0.356 e. The van der Waals surface area contributed by atoms with E-state index < -0.39 is 0 Å². The lowest BCUT2D eigenvalue weighted by Gasteiger charge is -2.19. The van der Waals surface area contributed by atoms with Gasteiger partial charge < -0.3 is 9.88 Å². The van der Waals surface area contributed by atoms with Crippen molar-refractivity contribution in [2.24, 2.45) is 0 Å². The van der Waals surface area contributed by atoms with Crippen molar-refractivity contribution in [3.63, 3.8) is 0 Å². The molecule has 4 heteroatoms. The van der Waals surface area contributed by atoms with Crippen LogP contribution in [0.3, 0.4) is 0 Å². The van der Waals surface area contributed by atoms with Crippen LogP contribution in [0.2, 0.25) is 0 Å². The molecule has 0 fully saturated rings. The predicted octanol–water partition coefficient (Wildman–Crippen LogP) is 3.32. The molecule has 2 rings (SSSR count). The highest BCUT2D eigenvalue weighted by atomic mass is 16.1. The molecular weight excluding hydrogens is 286 g/mol. The normalized spacial score (nSPS) is 11.4. The van der Waals surface area contributed by atoms with Crippen molar-refractivity contribution in [2.45, 2.75) is 52.0 Å². The number of imidazole rings is 1. The predicted molar refractivity (Wildman–Crippen MR) is 93.3 cm³/mol. The molecule has 0 unspecified atom stereocenters. The summed E-state index contributed by atoms with van der Waals surface area (Å²) < 4.78 is 2.02. The van der Waals surface area contributed by atoms with Gasteiger partial charge >= 0.3 is 0 Å². The number of aryl methyl sites for hydroxylation is 2. The highest BCUT2D eigenvalue weighted by Crippen LogP contribution is 2.22. The van der Waals surface area contributed by atoms with Crippen LogP contribution in [-0.4, -0.2) is 22.0 Å². The molecular formula is C19H27N3O. The molecule has 0 saturated carbocycles. The Bertz CT molecular complexity index is 595. The molecule has 4 nitrogen and oxygen atoms in total.